The molecule has 2 aromatic carbocycles. The summed E-state index contributed by atoms with van der Waals surface area (Å²) in [7, 11) is 0. The molecule has 0 heterocycles. The first-order valence-corrected chi connectivity index (χ1v) is 7.79. The van der Waals surface area contributed by atoms with Gasteiger partial charge >= 0.3 is 0 Å². The van der Waals surface area contributed by atoms with Gasteiger partial charge in [-0.15, -0.1) is 0 Å². The van der Waals surface area contributed by atoms with Gasteiger partial charge < -0.3 is 10.6 Å². The number of benzene rings is 2. The SMILES string of the molecule is NCCN(C(=O)c1ccc2ccccc2c1)C1CCCC1. The number of carbonyl (C=O) groups excluding carboxylic acids is 1. The van der Waals surface area contributed by atoms with Gasteiger partial charge in [-0.1, -0.05) is 43.2 Å². The molecular weight excluding hydrogens is 260 g/mol. The molecule has 0 aliphatic heterocycles. The molecule has 0 atom stereocenters. The van der Waals surface area contributed by atoms with Gasteiger partial charge in [0, 0.05) is 24.7 Å². The molecule has 0 aromatic heterocycles. The first-order chi connectivity index (χ1) is 10.3. The molecule has 110 valence electrons. The van der Waals surface area contributed by atoms with Gasteiger partial charge in [0.25, 0.3) is 5.91 Å². The molecular formula is C18H22N2O. The molecule has 1 saturated carbocycles. The van der Waals surface area contributed by atoms with Crippen molar-refractivity contribution in [2.24, 2.45) is 5.73 Å². The number of amides is 1. The summed E-state index contributed by atoms with van der Waals surface area (Å²) in [6, 6.07) is 14.5. The number of hydrogen-bond acceptors (Lipinski definition) is 2. The molecule has 0 radical (unpaired) electrons. The Bertz CT molecular complexity index is 632. The lowest BCUT2D eigenvalue weighted by atomic mass is 10.1. The van der Waals surface area contributed by atoms with Crippen molar-refractivity contribution in [3.8, 4) is 0 Å². The van der Waals surface area contributed by atoms with Crippen LogP contribution >= 0.6 is 0 Å². The zero-order valence-electron chi connectivity index (χ0n) is 12.3. The molecule has 1 amide bonds. The number of fused-ring (bicyclic) bond motifs is 1. The van der Waals surface area contributed by atoms with Gasteiger partial charge in [0.2, 0.25) is 0 Å². The normalized spacial score (nSPS) is 15.5. The third-order valence-corrected chi connectivity index (χ3v) is 4.39. The Balaban J connectivity index is 1.89. The second-order valence-corrected chi connectivity index (χ2v) is 5.79. The van der Waals surface area contributed by atoms with Crippen molar-refractivity contribution in [2.75, 3.05) is 13.1 Å². The lowest BCUT2D eigenvalue weighted by Gasteiger charge is -2.28. The molecule has 3 nitrogen and oxygen atoms in total. The maximum Gasteiger partial charge on any atom is 0.254 e. The van der Waals surface area contributed by atoms with E-state index < -0.39 is 0 Å². The van der Waals surface area contributed by atoms with Crippen LogP contribution in [-0.2, 0) is 0 Å². The molecule has 0 spiro atoms. The van der Waals surface area contributed by atoms with E-state index in [1.165, 1.54) is 18.2 Å². The smallest absolute Gasteiger partial charge is 0.254 e. The first kappa shape index (κ1) is 14.1. The molecule has 0 unspecified atom stereocenters. The van der Waals surface area contributed by atoms with E-state index in [0.29, 0.717) is 19.1 Å². The van der Waals surface area contributed by atoms with Crippen LogP contribution in [0.15, 0.2) is 42.5 Å². The summed E-state index contributed by atoms with van der Waals surface area (Å²) >= 11 is 0. The standard InChI is InChI=1S/C18H22N2O/c19-11-12-20(17-7-3-4-8-17)18(21)16-10-9-14-5-1-2-6-15(14)13-16/h1-2,5-6,9-10,13,17H,3-4,7-8,11-12,19H2. The molecule has 2 aromatic rings. The van der Waals surface area contributed by atoms with Crippen molar-refractivity contribution in [1.82, 2.24) is 4.90 Å². The molecule has 1 aliphatic rings. The maximum atomic E-state index is 12.8. The molecule has 1 fully saturated rings. The molecule has 1 aliphatic carbocycles. The Morgan fingerprint density at radius 2 is 1.81 bits per heavy atom. The van der Waals surface area contributed by atoms with Crippen LogP contribution in [0.3, 0.4) is 0 Å². The van der Waals surface area contributed by atoms with Crippen molar-refractivity contribution in [1.29, 1.82) is 0 Å². The number of nitrogens with two attached hydrogens (primary N) is 1. The van der Waals surface area contributed by atoms with E-state index in [1.54, 1.807) is 0 Å². The average Bonchev–Trinajstić information content (AvgIpc) is 3.05. The fraction of sp³-hybridized carbons (Fsp3) is 0.389. The van der Waals surface area contributed by atoms with Crippen molar-refractivity contribution in [2.45, 2.75) is 31.7 Å². The summed E-state index contributed by atoms with van der Waals surface area (Å²) in [6.45, 7) is 1.17. The number of hydrogen-bond donors (Lipinski definition) is 1. The first-order valence-electron chi connectivity index (χ1n) is 7.79. The number of carbonyl (C=O) groups is 1. The summed E-state index contributed by atoms with van der Waals surface area (Å²) in [5, 5.41) is 2.28. The molecule has 3 heteroatoms. The minimum atomic E-state index is 0.123. The highest BCUT2D eigenvalue weighted by Crippen LogP contribution is 2.25. The van der Waals surface area contributed by atoms with E-state index in [4.69, 9.17) is 5.73 Å². The van der Waals surface area contributed by atoms with Crippen molar-refractivity contribution in [3.63, 3.8) is 0 Å². The fourth-order valence-electron chi connectivity index (χ4n) is 3.29. The van der Waals surface area contributed by atoms with Gasteiger partial charge in [0.1, 0.15) is 0 Å². The van der Waals surface area contributed by atoms with E-state index >= 15 is 0 Å². The summed E-state index contributed by atoms with van der Waals surface area (Å²) in [6.07, 6.45) is 4.66. The summed E-state index contributed by atoms with van der Waals surface area (Å²) in [4.78, 5) is 14.8. The van der Waals surface area contributed by atoms with Gasteiger partial charge in [0.05, 0.1) is 0 Å². The third kappa shape index (κ3) is 2.93. The zero-order chi connectivity index (χ0) is 14.7. The summed E-state index contributed by atoms with van der Waals surface area (Å²) < 4.78 is 0. The van der Waals surface area contributed by atoms with Crippen LogP contribution < -0.4 is 5.73 Å². The van der Waals surface area contributed by atoms with Crippen LogP contribution in [0.1, 0.15) is 36.0 Å². The zero-order valence-corrected chi connectivity index (χ0v) is 12.3. The van der Waals surface area contributed by atoms with E-state index in [9.17, 15) is 4.79 Å². The minimum absolute atomic E-state index is 0.123. The van der Waals surface area contributed by atoms with Crippen LogP contribution in [0.2, 0.25) is 0 Å². The van der Waals surface area contributed by atoms with E-state index in [1.807, 2.05) is 35.2 Å². The topological polar surface area (TPSA) is 46.3 Å². The Hall–Kier alpha value is -1.87. The monoisotopic (exact) mass is 282 g/mol. The Labute approximate surface area is 125 Å². The highest BCUT2D eigenvalue weighted by Gasteiger charge is 2.26. The molecule has 0 saturated heterocycles. The van der Waals surface area contributed by atoms with E-state index in [2.05, 4.69) is 12.1 Å². The molecule has 3 rings (SSSR count). The maximum absolute atomic E-state index is 12.8. The van der Waals surface area contributed by atoms with Crippen molar-refractivity contribution < 1.29 is 4.79 Å². The lowest BCUT2D eigenvalue weighted by molar-refractivity contribution is 0.0688. The van der Waals surface area contributed by atoms with Crippen LogP contribution in [0, 0.1) is 0 Å². The number of rotatable bonds is 4. The highest BCUT2D eigenvalue weighted by atomic mass is 16.2. The van der Waals surface area contributed by atoms with E-state index in [0.717, 1.165) is 23.8 Å². The summed E-state index contributed by atoms with van der Waals surface area (Å²) in [5.74, 6) is 0.123. The van der Waals surface area contributed by atoms with Crippen LogP contribution in [0.5, 0.6) is 0 Å². The largest absolute Gasteiger partial charge is 0.334 e. The Kier molecular flexibility index (Phi) is 4.20. The second-order valence-electron chi connectivity index (χ2n) is 5.79. The molecule has 0 bridgehead atoms. The highest BCUT2D eigenvalue weighted by molar-refractivity contribution is 5.98. The lowest BCUT2D eigenvalue weighted by Crippen LogP contribution is -2.41. The van der Waals surface area contributed by atoms with Crippen LogP contribution in [-0.4, -0.2) is 29.9 Å². The second kappa shape index (κ2) is 6.27. The Morgan fingerprint density at radius 1 is 1.10 bits per heavy atom. The average molecular weight is 282 g/mol. The number of nitrogens with zero attached hydrogens (tertiary/aromatic N) is 1. The molecule has 2 N–H and O–H groups in total. The minimum Gasteiger partial charge on any atom is -0.334 e. The van der Waals surface area contributed by atoms with Gasteiger partial charge in [0.15, 0.2) is 0 Å². The van der Waals surface area contributed by atoms with Gasteiger partial charge in [-0.25, -0.2) is 0 Å². The van der Waals surface area contributed by atoms with Crippen LogP contribution in [0.25, 0.3) is 10.8 Å². The van der Waals surface area contributed by atoms with E-state index in [-0.39, 0.29) is 5.91 Å². The van der Waals surface area contributed by atoms with Gasteiger partial charge in [-0.3, -0.25) is 4.79 Å². The predicted octanol–water partition coefficient (Wildman–Crippen LogP) is 3.18. The van der Waals surface area contributed by atoms with Gasteiger partial charge in [-0.2, -0.15) is 0 Å². The predicted molar refractivity (Wildman–Crippen MR) is 86.3 cm³/mol. The van der Waals surface area contributed by atoms with Crippen molar-refractivity contribution in [3.05, 3.63) is 48.0 Å². The van der Waals surface area contributed by atoms with Crippen molar-refractivity contribution >= 4 is 16.7 Å². The quantitative estimate of drug-likeness (QED) is 0.936. The third-order valence-electron chi connectivity index (χ3n) is 4.39. The Morgan fingerprint density at radius 3 is 2.52 bits per heavy atom. The summed E-state index contributed by atoms with van der Waals surface area (Å²) in [5.41, 5.74) is 6.48. The van der Waals surface area contributed by atoms with Gasteiger partial charge in [-0.05, 0) is 35.7 Å². The fourth-order valence-corrected chi connectivity index (χ4v) is 3.29. The van der Waals surface area contributed by atoms with Crippen LogP contribution in [0.4, 0.5) is 0 Å². The molecule has 21 heavy (non-hydrogen) atoms.